The van der Waals surface area contributed by atoms with Gasteiger partial charge in [-0.2, -0.15) is 0 Å². The number of nitrogens with zero attached hydrogens (tertiary/aromatic N) is 1. The van der Waals surface area contributed by atoms with Crippen LogP contribution in [0.25, 0.3) is 0 Å². The molecule has 0 aliphatic heterocycles. The standard InChI is InChI=1S/C16H36NO2S2/c1-14(2)17(15(3)4,16(5)6)12-10-8-9-11-13-20-21(7,18)19/h14-16H,8-13H2,1-7H3/q+1. The molecule has 21 heavy (non-hydrogen) atoms. The van der Waals surface area contributed by atoms with Gasteiger partial charge >= 0.3 is 0 Å². The van der Waals surface area contributed by atoms with Gasteiger partial charge in [0, 0.05) is 12.0 Å². The second-order valence-corrected chi connectivity index (χ2v) is 11.5. The van der Waals surface area contributed by atoms with Gasteiger partial charge in [0.2, 0.25) is 0 Å². The third-order valence-corrected chi connectivity index (χ3v) is 7.29. The second kappa shape index (κ2) is 9.41. The van der Waals surface area contributed by atoms with Crippen molar-refractivity contribution in [2.24, 2.45) is 0 Å². The zero-order valence-electron chi connectivity index (χ0n) is 15.1. The van der Waals surface area contributed by atoms with Crippen molar-refractivity contribution in [2.45, 2.75) is 85.4 Å². The molecule has 0 aromatic heterocycles. The Morgan fingerprint density at radius 2 is 1.24 bits per heavy atom. The van der Waals surface area contributed by atoms with Crippen molar-refractivity contribution < 1.29 is 12.9 Å². The molecule has 0 fully saturated rings. The molecule has 0 rings (SSSR count). The van der Waals surface area contributed by atoms with E-state index in [2.05, 4.69) is 41.5 Å². The summed E-state index contributed by atoms with van der Waals surface area (Å²) in [6.45, 7) is 15.2. The van der Waals surface area contributed by atoms with Crippen LogP contribution in [0.1, 0.15) is 67.2 Å². The Morgan fingerprint density at radius 1 is 0.810 bits per heavy atom. The highest BCUT2D eigenvalue weighted by Gasteiger charge is 2.37. The third-order valence-electron chi connectivity index (χ3n) is 4.62. The van der Waals surface area contributed by atoms with E-state index in [1.807, 2.05) is 0 Å². The van der Waals surface area contributed by atoms with Crippen LogP contribution in [0.4, 0.5) is 0 Å². The van der Waals surface area contributed by atoms with E-state index in [0.29, 0.717) is 18.1 Å². The van der Waals surface area contributed by atoms with E-state index in [-0.39, 0.29) is 0 Å². The van der Waals surface area contributed by atoms with Gasteiger partial charge in [-0.05, 0) is 71.6 Å². The van der Waals surface area contributed by atoms with Gasteiger partial charge in [-0.25, -0.2) is 8.42 Å². The van der Waals surface area contributed by atoms with Crippen molar-refractivity contribution in [3.05, 3.63) is 0 Å². The maximum Gasteiger partial charge on any atom is 0.198 e. The molecule has 0 aromatic carbocycles. The first-order valence-electron chi connectivity index (χ1n) is 8.25. The minimum atomic E-state index is -2.86. The van der Waals surface area contributed by atoms with Gasteiger partial charge in [-0.1, -0.05) is 6.42 Å². The van der Waals surface area contributed by atoms with Crippen molar-refractivity contribution in [1.29, 1.82) is 0 Å². The predicted molar refractivity (Wildman–Crippen MR) is 96.3 cm³/mol. The highest BCUT2D eigenvalue weighted by Crippen LogP contribution is 2.26. The van der Waals surface area contributed by atoms with E-state index in [9.17, 15) is 8.42 Å². The van der Waals surface area contributed by atoms with Gasteiger partial charge < -0.3 is 4.48 Å². The molecule has 5 heteroatoms. The molecule has 0 bridgehead atoms. The van der Waals surface area contributed by atoms with Gasteiger partial charge in [-0.15, -0.1) is 0 Å². The van der Waals surface area contributed by atoms with E-state index in [1.165, 1.54) is 30.1 Å². The molecule has 0 N–H and O–H groups in total. The van der Waals surface area contributed by atoms with Gasteiger partial charge in [0.15, 0.2) is 8.87 Å². The Balaban J connectivity index is 4.17. The largest absolute Gasteiger partial charge is 0.318 e. The lowest BCUT2D eigenvalue weighted by Crippen LogP contribution is -2.62. The summed E-state index contributed by atoms with van der Waals surface area (Å²) < 4.78 is 23.3. The van der Waals surface area contributed by atoms with Gasteiger partial charge in [0.05, 0.1) is 24.7 Å². The van der Waals surface area contributed by atoms with E-state index >= 15 is 0 Å². The first-order chi connectivity index (χ1) is 9.54. The van der Waals surface area contributed by atoms with Gasteiger partial charge in [0.25, 0.3) is 0 Å². The third kappa shape index (κ3) is 7.38. The van der Waals surface area contributed by atoms with Crippen LogP contribution in [-0.4, -0.2) is 49.6 Å². The van der Waals surface area contributed by atoms with Gasteiger partial charge in [0.1, 0.15) is 0 Å². The van der Waals surface area contributed by atoms with Crippen molar-refractivity contribution in [3.63, 3.8) is 0 Å². The quantitative estimate of drug-likeness (QED) is 0.320. The fourth-order valence-corrected chi connectivity index (χ4v) is 5.50. The van der Waals surface area contributed by atoms with E-state index in [4.69, 9.17) is 0 Å². The minimum Gasteiger partial charge on any atom is -0.318 e. The monoisotopic (exact) mass is 338 g/mol. The van der Waals surface area contributed by atoms with Crippen molar-refractivity contribution in [2.75, 3.05) is 18.6 Å². The predicted octanol–water partition coefficient (Wildman–Crippen LogP) is 4.28. The van der Waals surface area contributed by atoms with Crippen LogP contribution < -0.4 is 0 Å². The van der Waals surface area contributed by atoms with Gasteiger partial charge in [-0.3, -0.25) is 0 Å². The minimum absolute atomic E-state index is 0.644. The van der Waals surface area contributed by atoms with Crippen LogP contribution in [0.5, 0.6) is 0 Å². The number of hydrogen-bond donors (Lipinski definition) is 0. The Bertz CT molecular complexity index is 354. The molecule has 0 amide bonds. The number of unbranched alkanes of at least 4 members (excludes halogenated alkanes) is 3. The van der Waals surface area contributed by atoms with E-state index in [1.54, 1.807) is 0 Å². The molecule has 0 saturated carbocycles. The molecule has 0 aliphatic rings. The van der Waals surface area contributed by atoms with Crippen LogP contribution in [0.2, 0.25) is 0 Å². The molecular formula is C16H36NO2S2+. The zero-order valence-corrected chi connectivity index (χ0v) is 16.7. The Kier molecular flexibility index (Phi) is 9.53. The number of hydrogen-bond acceptors (Lipinski definition) is 3. The molecule has 0 atom stereocenters. The molecule has 0 saturated heterocycles. The summed E-state index contributed by atoms with van der Waals surface area (Å²) in [4.78, 5) is 0. The Hall–Kier alpha value is 0.260. The summed E-state index contributed by atoms with van der Waals surface area (Å²) in [5, 5.41) is 0. The summed E-state index contributed by atoms with van der Waals surface area (Å²) in [6.07, 6.45) is 5.87. The summed E-state index contributed by atoms with van der Waals surface area (Å²) in [6, 6.07) is 1.93. The molecule has 0 radical (unpaired) electrons. The van der Waals surface area contributed by atoms with E-state index < -0.39 is 8.87 Å². The van der Waals surface area contributed by atoms with Crippen LogP contribution in [0, 0.1) is 0 Å². The Labute approximate surface area is 136 Å². The van der Waals surface area contributed by atoms with E-state index in [0.717, 1.165) is 29.4 Å². The first kappa shape index (κ1) is 21.3. The zero-order chi connectivity index (χ0) is 16.7. The second-order valence-electron chi connectivity index (χ2n) is 6.94. The van der Waals surface area contributed by atoms with Crippen LogP contribution in [0.3, 0.4) is 0 Å². The molecule has 3 nitrogen and oxygen atoms in total. The average molecular weight is 339 g/mol. The van der Waals surface area contributed by atoms with Crippen LogP contribution in [-0.2, 0) is 8.87 Å². The molecule has 0 aromatic rings. The average Bonchev–Trinajstić information content (AvgIpc) is 2.29. The SMILES string of the molecule is CC(C)[N+](CCCCCCSS(C)(=O)=O)(C(C)C)C(C)C. The normalized spacial score (nSPS) is 13.6. The fraction of sp³-hybridized carbons (Fsp3) is 1.00. The highest BCUT2D eigenvalue weighted by molar-refractivity contribution is 8.71. The van der Waals surface area contributed by atoms with Crippen molar-refractivity contribution in [3.8, 4) is 0 Å². The lowest BCUT2D eigenvalue weighted by molar-refractivity contribution is -0.985. The molecule has 0 unspecified atom stereocenters. The summed E-state index contributed by atoms with van der Waals surface area (Å²) in [5.74, 6) is 0.734. The van der Waals surface area contributed by atoms with Crippen molar-refractivity contribution >= 4 is 19.7 Å². The van der Waals surface area contributed by atoms with Crippen molar-refractivity contribution in [1.82, 2.24) is 0 Å². The first-order valence-corrected chi connectivity index (χ1v) is 11.6. The summed E-state index contributed by atoms with van der Waals surface area (Å²) in [7, 11) is -1.78. The lowest BCUT2D eigenvalue weighted by atomic mass is 10.0. The molecule has 0 heterocycles. The topological polar surface area (TPSA) is 34.1 Å². The maximum atomic E-state index is 11.0. The van der Waals surface area contributed by atoms with Crippen LogP contribution >= 0.6 is 10.8 Å². The summed E-state index contributed by atoms with van der Waals surface area (Å²) in [5.41, 5.74) is 0. The maximum absolute atomic E-state index is 11.0. The molecular weight excluding hydrogens is 302 g/mol. The fourth-order valence-electron chi connectivity index (χ4n) is 3.62. The molecule has 0 aliphatic carbocycles. The molecule has 128 valence electrons. The lowest BCUT2D eigenvalue weighted by Gasteiger charge is -2.49. The Morgan fingerprint density at radius 3 is 1.62 bits per heavy atom. The number of quaternary nitrogens is 1. The number of rotatable bonds is 11. The summed E-state index contributed by atoms with van der Waals surface area (Å²) >= 11 is 0. The smallest absolute Gasteiger partial charge is 0.198 e. The van der Waals surface area contributed by atoms with Crippen LogP contribution in [0.15, 0.2) is 0 Å². The highest BCUT2D eigenvalue weighted by atomic mass is 33.1. The molecule has 0 spiro atoms.